The van der Waals surface area contributed by atoms with Gasteiger partial charge in [0.25, 0.3) is 5.56 Å². The van der Waals surface area contributed by atoms with Crippen molar-refractivity contribution in [2.24, 2.45) is 0 Å². The van der Waals surface area contributed by atoms with E-state index in [-0.39, 0.29) is 17.6 Å². The molecule has 1 atom stereocenters. The summed E-state index contributed by atoms with van der Waals surface area (Å²) in [6.45, 7) is 3.32. The lowest BCUT2D eigenvalue weighted by Gasteiger charge is -2.23. The van der Waals surface area contributed by atoms with E-state index in [2.05, 4.69) is 15.2 Å². The van der Waals surface area contributed by atoms with Gasteiger partial charge in [-0.15, -0.1) is 10.2 Å². The van der Waals surface area contributed by atoms with Gasteiger partial charge in [0.05, 0.1) is 25.5 Å². The van der Waals surface area contributed by atoms with Crippen molar-refractivity contribution in [3.05, 3.63) is 64.4 Å². The second kappa shape index (κ2) is 9.25. The molecule has 0 saturated carbocycles. The Kier molecular flexibility index (Phi) is 6.22. The third kappa shape index (κ3) is 4.62. The van der Waals surface area contributed by atoms with Crippen LogP contribution in [0.25, 0.3) is 17.0 Å². The quantitative estimate of drug-likeness (QED) is 0.405. The molecule has 33 heavy (non-hydrogen) atoms. The first-order valence-electron chi connectivity index (χ1n) is 10.3. The Morgan fingerprint density at radius 3 is 2.64 bits per heavy atom. The van der Waals surface area contributed by atoms with Crippen LogP contribution >= 0.6 is 0 Å². The highest BCUT2D eigenvalue weighted by atomic mass is 16.5. The van der Waals surface area contributed by atoms with E-state index in [0.29, 0.717) is 23.3 Å². The SMILES string of the molecule is COc1ccccc1[C@H](Cc1cn(CC(=O)O)c(=O)c2nn(-c3ncco3)nc12)OC(C)C. The number of hydrogen-bond acceptors (Lipinski definition) is 8. The summed E-state index contributed by atoms with van der Waals surface area (Å²) in [4.78, 5) is 29.4. The van der Waals surface area contributed by atoms with Crippen LogP contribution in [0.4, 0.5) is 0 Å². The number of nitrogens with zero attached hydrogens (tertiary/aromatic N) is 5. The Morgan fingerprint density at radius 2 is 1.97 bits per heavy atom. The fourth-order valence-corrected chi connectivity index (χ4v) is 3.62. The van der Waals surface area contributed by atoms with Gasteiger partial charge in [0.15, 0.2) is 5.52 Å². The molecule has 0 bridgehead atoms. The van der Waals surface area contributed by atoms with Gasteiger partial charge in [0, 0.05) is 23.7 Å². The maximum atomic E-state index is 12.9. The Labute approximate surface area is 188 Å². The van der Waals surface area contributed by atoms with Gasteiger partial charge in [0.1, 0.15) is 24.1 Å². The molecule has 0 amide bonds. The van der Waals surface area contributed by atoms with E-state index in [1.807, 2.05) is 38.1 Å². The third-order valence-corrected chi connectivity index (χ3v) is 4.92. The molecule has 3 aromatic heterocycles. The minimum absolute atomic E-state index is 0.00951. The lowest BCUT2D eigenvalue weighted by Crippen LogP contribution is -2.25. The second-order valence-corrected chi connectivity index (χ2v) is 7.60. The zero-order valence-corrected chi connectivity index (χ0v) is 18.3. The number of carbonyl (C=O) groups is 1. The summed E-state index contributed by atoms with van der Waals surface area (Å²) in [5.41, 5.74) is 1.15. The van der Waals surface area contributed by atoms with Gasteiger partial charge >= 0.3 is 12.0 Å². The topological polar surface area (TPSA) is 134 Å². The van der Waals surface area contributed by atoms with Crippen molar-refractivity contribution in [3.63, 3.8) is 0 Å². The van der Waals surface area contributed by atoms with E-state index in [0.717, 1.165) is 14.9 Å². The normalized spacial score (nSPS) is 12.4. The monoisotopic (exact) mass is 453 g/mol. The molecule has 0 saturated heterocycles. The number of aliphatic carboxylic acids is 1. The van der Waals surface area contributed by atoms with Crippen LogP contribution in [-0.2, 0) is 22.5 Å². The van der Waals surface area contributed by atoms with E-state index in [9.17, 15) is 14.7 Å². The van der Waals surface area contributed by atoms with Crippen LogP contribution in [0.5, 0.6) is 5.75 Å². The van der Waals surface area contributed by atoms with Gasteiger partial charge in [-0.2, -0.15) is 4.98 Å². The van der Waals surface area contributed by atoms with Gasteiger partial charge in [-0.05, 0) is 19.9 Å². The van der Waals surface area contributed by atoms with Gasteiger partial charge < -0.3 is 23.6 Å². The van der Waals surface area contributed by atoms with Crippen LogP contribution in [0.1, 0.15) is 31.1 Å². The number of methoxy groups -OCH3 is 1. The summed E-state index contributed by atoms with van der Waals surface area (Å²) >= 11 is 0. The number of oxazole rings is 1. The van der Waals surface area contributed by atoms with Gasteiger partial charge in [-0.3, -0.25) is 9.59 Å². The van der Waals surface area contributed by atoms with Crippen LogP contribution in [0.2, 0.25) is 0 Å². The number of rotatable bonds is 9. The van der Waals surface area contributed by atoms with E-state index >= 15 is 0 Å². The molecule has 0 spiro atoms. The molecule has 0 aliphatic heterocycles. The zero-order valence-electron chi connectivity index (χ0n) is 18.3. The highest BCUT2D eigenvalue weighted by molar-refractivity contribution is 5.77. The zero-order chi connectivity index (χ0) is 23.5. The summed E-state index contributed by atoms with van der Waals surface area (Å²) in [5, 5.41) is 17.9. The molecule has 0 aliphatic carbocycles. The molecule has 0 radical (unpaired) electrons. The Bertz CT molecular complexity index is 1330. The Balaban J connectivity index is 1.87. The number of para-hydroxylation sites is 1. The largest absolute Gasteiger partial charge is 0.496 e. The number of carboxylic acids is 1. The van der Waals surface area contributed by atoms with Crippen molar-refractivity contribution in [2.45, 2.75) is 39.0 Å². The molecule has 1 aromatic carbocycles. The lowest BCUT2D eigenvalue weighted by molar-refractivity contribution is -0.137. The molecule has 11 heteroatoms. The first kappa shape index (κ1) is 22.2. The summed E-state index contributed by atoms with van der Waals surface area (Å²) in [6, 6.07) is 7.57. The standard InChI is InChI=1S/C22H23N5O6/c1-13(2)33-17(15-6-4-5-7-16(15)31-3)10-14-11-26(12-18(28)29)21(30)20-19(14)24-27(25-20)22-23-8-9-32-22/h4-9,11,13,17H,10,12H2,1-3H3,(H,28,29)/t17-/m0/s1. The summed E-state index contributed by atoms with van der Waals surface area (Å²) in [7, 11) is 1.58. The van der Waals surface area contributed by atoms with E-state index in [1.165, 1.54) is 18.7 Å². The minimum Gasteiger partial charge on any atom is -0.496 e. The number of hydrogen-bond donors (Lipinski definition) is 1. The molecule has 4 aromatic rings. The number of fused-ring (bicyclic) bond motifs is 1. The van der Waals surface area contributed by atoms with Crippen molar-refractivity contribution in [2.75, 3.05) is 7.11 Å². The average Bonchev–Trinajstić information content (AvgIpc) is 3.46. The number of pyridine rings is 1. The van der Waals surface area contributed by atoms with Crippen LogP contribution in [0.15, 0.2) is 52.1 Å². The van der Waals surface area contributed by atoms with Crippen molar-refractivity contribution in [1.29, 1.82) is 0 Å². The van der Waals surface area contributed by atoms with Crippen molar-refractivity contribution in [3.8, 4) is 11.8 Å². The van der Waals surface area contributed by atoms with Crippen LogP contribution in [-0.4, -0.2) is 48.8 Å². The lowest BCUT2D eigenvalue weighted by atomic mass is 10.00. The summed E-state index contributed by atoms with van der Waals surface area (Å²) < 4.78 is 18.0. The van der Waals surface area contributed by atoms with E-state index < -0.39 is 24.2 Å². The molecule has 0 aliphatic rings. The molecule has 0 unspecified atom stereocenters. The van der Waals surface area contributed by atoms with Crippen molar-refractivity contribution >= 4 is 17.0 Å². The fourth-order valence-electron chi connectivity index (χ4n) is 3.62. The molecule has 172 valence electrons. The predicted octanol–water partition coefficient (Wildman–Crippen LogP) is 2.37. The molecule has 0 fully saturated rings. The first-order chi connectivity index (χ1) is 15.9. The van der Waals surface area contributed by atoms with E-state index in [1.54, 1.807) is 7.11 Å². The molecule has 11 nitrogen and oxygen atoms in total. The molecular weight excluding hydrogens is 430 g/mol. The van der Waals surface area contributed by atoms with Crippen LogP contribution < -0.4 is 10.3 Å². The van der Waals surface area contributed by atoms with Gasteiger partial charge in [-0.1, -0.05) is 23.0 Å². The Hall–Kier alpha value is -3.99. The molecule has 1 N–H and O–H groups in total. The highest BCUT2D eigenvalue weighted by Gasteiger charge is 2.24. The molecule has 4 rings (SSSR count). The first-order valence-corrected chi connectivity index (χ1v) is 10.3. The number of ether oxygens (including phenoxy) is 2. The highest BCUT2D eigenvalue weighted by Crippen LogP contribution is 2.32. The number of carboxylic acid groups (broad SMARTS) is 1. The maximum absolute atomic E-state index is 12.9. The number of benzene rings is 1. The van der Waals surface area contributed by atoms with Crippen LogP contribution in [0.3, 0.4) is 0 Å². The average molecular weight is 453 g/mol. The van der Waals surface area contributed by atoms with Gasteiger partial charge in [0.2, 0.25) is 0 Å². The minimum atomic E-state index is -1.15. The molecule has 3 heterocycles. The summed E-state index contributed by atoms with van der Waals surface area (Å²) in [5.74, 6) is -0.496. The van der Waals surface area contributed by atoms with Gasteiger partial charge in [-0.25, -0.2) is 0 Å². The fraction of sp³-hybridized carbons (Fsp3) is 0.318. The smallest absolute Gasteiger partial charge is 0.340 e. The number of aromatic nitrogens is 5. The van der Waals surface area contributed by atoms with E-state index in [4.69, 9.17) is 13.9 Å². The Morgan fingerprint density at radius 1 is 1.21 bits per heavy atom. The van der Waals surface area contributed by atoms with Crippen molar-refractivity contribution < 1.29 is 23.8 Å². The maximum Gasteiger partial charge on any atom is 0.340 e. The second-order valence-electron chi connectivity index (χ2n) is 7.60. The van der Waals surface area contributed by atoms with Crippen LogP contribution in [0, 0.1) is 0 Å². The summed E-state index contributed by atoms with van der Waals surface area (Å²) in [6.07, 6.45) is 4.01. The third-order valence-electron chi connectivity index (χ3n) is 4.92. The predicted molar refractivity (Wildman–Crippen MR) is 116 cm³/mol. The molecular formula is C22H23N5O6. The van der Waals surface area contributed by atoms with Crippen molar-refractivity contribution in [1.82, 2.24) is 24.5 Å².